The van der Waals surface area contributed by atoms with Gasteiger partial charge in [-0.05, 0) is 18.2 Å². The van der Waals surface area contributed by atoms with E-state index in [4.69, 9.17) is 16.7 Å². The molecule has 0 fully saturated rings. The Balaban J connectivity index is 2.11. The zero-order chi connectivity index (χ0) is 17.2. The largest absolute Gasteiger partial charge is 0.478 e. The van der Waals surface area contributed by atoms with E-state index in [0.717, 1.165) is 29.2 Å². The van der Waals surface area contributed by atoms with Gasteiger partial charge < -0.3 is 10.4 Å². The van der Waals surface area contributed by atoms with Crippen LogP contribution in [0.15, 0.2) is 30.6 Å². The highest BCUT2D eigenvalue weighted by atomic mass is 35.5. The molecule has 0 saturated carbocycles. The maximum atomic E-state index is 12.6. The second kappa shape index (κ2) is 6.29. The SMILES string of the molecule is O=C(Cn1cc(C(=O)O)cn1)Nc1cc(C(F)(F)F)ccc1Cl. The molecular weight excluding hydrogens is 339 g/mol. The van der Waals surface area contributed by atoms with Crippen molar-refractivity contribution in [2.24, 2.45) is 0 Å². The van der Waals surface area contributed by atoms with Crippen LogP contribution in [0.3, 0.4) is 0 Å². The number of amides is 1. The van der Waals surface area contributed by atoms with Gasteiger partial charge in [-0.3, -0.25) is 9.48 Å². The summed E-state index contributed by atoms with van der Waals surface area (Å²) in [5.41, 5.74) is -1.27. The van der Waals surface area contributed by atoms with Crippen molar-refractivity contribution in [3.63, 3.8) is 0 Å². The van der Waals surface area contributed by atoms with Crippen LogP contribution < -0.4 is 5.32 Å². The first-order valence-corrected chi connectivity index (χ1v) is 6.47. The van der Waals surface area contributed by atoms with Gasteiger partial charge in [-0.25, -0.2) is 4.79 Å². The fourth-order valence-electron chi connectivity index (χ4n) is 1.69. The van der Waals surface area contributed by atoms with E-state index in [0.29, 0.717) is 6.07 Å². The zero-order valence-electron chi connectivity index (χ0n) is 11.3. The van der Waals surface area contributed by atoms with Gasteiger partial charge in [0.15, 0.2) is 0 Å². The number of nitrogens with one attached hydrogen (secondary N) is 1. The predicted molar refractivity (Wildman–Crippen MR) is 74.3 cm³/mol. The lowest BCUT2D eigenvalue weighted by Crippen LogP contribution is -2.19. The molecule has 0 aliphatic rings. The molecule has 0 unspecified atom stereocenters. The zero-order valence-corrected chi connectivity index (χ0v) is 12.0. The summed E-state index contributed by atoms with van der Waals surface area (Å²) in [4.78, 5) is 22.5. The number of alkyl halides is 3. The van der Waals surface area contributed by atoms with Crippen LogP contribution in [0.25, 0.3) is 0 Å². The summed E-state index contributed by atoms with van der Waals surface area (Å²) in [6.07, 6.45) is -2.40. The normalized spacial score (nSPS) is 11.3. The standard InChI is InChI=1S/C13H9ClF3N3O3/c14-9-2-1-8(13(15,16)17)3-10(9)19-11(21)6-20-5-7(4-18-20)12(22)23/h1-5H,6H2,(H,19,21)(H,22,23). The van der Waals surface area contributed by atoms with Crippen molar-refractivity contribution in [2.75, 3.05) is 5.32 Å². The molecule has 0 aliphatic heterocycles. The molecule has 2 aromatic rings. The molecule has 23 heavy (non-hydrogen) atoms. The molecule has 0 bridgehead atoms. The Kier molecular flexibility index (Phi) is 4.60. The van der Waals surface area contributed by atoms with Crippen molar-refractivity contribution >= 4 is 29.2 Å². The number of benzene rings is 1. The molecule has 122 valence electrons. The highest BCUT2D eigenvalue weighted by Gasteiger charge is 2.31. The third-order valence-electron chi connectivity index (χ3n) is 2.75. The average molecular weight is 348 g/mol. The molecule has 0 atom stereocenters. The van der Waals surface area contributed by atoms with Crippen LogP contribution in [0.2, 0.25) is 5.02 Å². The summed E-state index contributed by atoms with van der Waals surface area (Å²) in [6, 6.07) is 2.53. The maximum absolute atomic E-state index is 12.6. The quantitative estimate of drug-likeness (QED) is 0.890. The Morgan fingerprint density at radius 2 is 2.04 bits per heavy atom. The highest BCUT2D eigenvalue weighted by molar-refractivity contribution is 6.33. The minimum atomic E-state index is -4.57. The fourth-order valence-corrected chi connectivity index (χ4v) is 1.86. The molecule has 6 nitrogen and oxygen atoms in total. The number of hydrogen-bond donors (Lipinski definition) is 2. The molecule has 2 N–H and O–H groups in total. The summed E-state index contributed by atoms with van der Waals surface area (Å²) < 4.78 is 39.0. The maximum Gasteiger partial charge on any atom is 0.416 e. The minimum Gasteiger partial charge on any atom is -0.478 e. The van der Waals surface area contributed by atoms with Crippen LogP contribution in [-0.4, -0.2) is 26.8 Å². The van der Waals surface area contributed by atoms with Crippen molar-refractivity contribution < 1.29 is 27.9 Å². The third kappa shape index (κ3) is 4.22. The number of nitrogens with zero attached hydrogens (tertiary/aromatic N) is 2. The molecular formula is C13H9ClF3N3O3. The lowest BCUT2D eigenvalue weighted by Gasteiger charge is -2.11. The number of anilines is 1. The van der Waals surface area contributed by atoms with E-state index in [1.807, 2.05) is 0 Å². The lowest BCUT2D eigenvalue weighted by atomic mass is 10.2. The number of aromatic nitrogens is 2. The Hall–Kier alpha value is -2.55. The molecule has 1 amide bonds. The van der Waals surface area contributed by atoms with Gasteiger partial charge in [-0.15, -0.1) is 0 Å². The van der Waals surface area contributed by atoms with Crippen LogP contribution in [0.4, 0.5) is 18.9 Å². The Bertz CT molecular complexity index is 758. The second-order valence-corrected chi connectivity index (χ2v) is 4.88. The number of hydrogen-bond acceptors (Lipinski definition) is 3. The molecule has 0 aliphatic carbocycles. The topological polar surface area (TPSA) is 84.2 Å². The lowest BCUT2D eigenvalue weighted by molar-refractivity contribution is -0.137. The monoisotopic (exact) mass is 347 g/mol. The molecule has 1 heterocycles. The molecule has 2 rings (SSSR count). The Morgan fingerprint density at radius 3 is 2.61 bits per heavy atom. The van der Waals surface area contributed by atoms with Gasteiger partial charge in [0.25, 0.3) is 0 Å². The number of halogens is 4. The van der Waals surface area contributed by atoms with Crippen molar-refractivity contribution in [3.8, 4) is 0 Å². The van der Waals surface area contributed by atoms with Gasteiger partial charge in [0.1, 0.15) is 6.54 Å². The van der Waals surface area contributed by atoms with Crippen molar-refractivity contribution in [1.29, 1.82) is 0 Å². The van der Waals surface area contributed by atoms with Crippen LogP contribution in [0.5, 0.6) is 0 Å². The van der Waals surface area contributed by atoms with Crippen LogP contribution in [0, 0.1) is 0 Å². The highest BCUT2D eigenvalue weighted by Crippen LogP contribution is 2.33. The van der Waals surface area contributed by atoms with E-state index in [2.05, 4.69) is 10.4 Å². The van der Waals surface area contributed by atoms with E-state index in [1.54, 1.807) is 0 Å². The fraction of sp³-hybridized carbons (Fsp3) is 0.154. The predicted octanol–water partition coefficient (Wildman–Crippen LogP) is 2.89. The molecule has 1 aromatic heterocycles. The summed E-state index contributed by atoms with van der Waals surface area (Å²) in [5, 5.41) is 14.6. The van der Waals surface area contributed by atoms with Crippen molar-refractivity contribution in [2.45, 2.75) is 12.7 Å². The van der Waals surface area contributed by atoms with Gasteiger partial charge in [-0.1, -0.05) is 11.6 Å². The average Bonchev–Trinajstić information content (AvgIpc) is 2.88. The number of carboxylic acid groups (broad SMARTS) is 1. The number of carbonyl (C=O) groups is 2. The van der Waals surface area contributed by atoms with Crippen LogP contribution in [-0.2, 0) is 17.5 Å². The van der Waals surface area contributed by atoms with Gasteiger partial charge in [0, 0.05) is 6.20 Å². The number of carbonyl (C=O) groups excluding carboxylic acids is 1. The summed E-state index contributed by atoms with van der Waals surface area (Å²) >= 11 is 5.76. The van der Waals surface area contributed by atoms with Gasteiger partial charge in [-0.2, -0.15) is 18.3 Å². The smallest absolute Gasteiger partial charge is 0.416 e. The van der Waals surface area contributed by atoms with Gasteiger partial charge in [0.05, 0.1) is 28.0 Å². The summed E-state index contributed by atoms with van der Waals surface area (Å²) in [5.74, 6) is -1.91. The molecule has 0 spiro atoms. The van der Waals surface area contributed by atoms with Crippen molar-refractivity contribution in [3.05, 3.63) is 46.7 Å². The number of rotatable bonds is 4. The van der Waals surface area contributed by atoms with E-state index >= 15 is 0 Å². The number of carboxylic acids is 1. The number of aromatic carboxylic acids is 1. The Labute approximate surface area is 132 Å². The van der Waals surface area contributed by atoms with E-state index < -0.39 is 23.6 Å². The van der Waals surface area contributed by atoms with Crippen LogP contribution in [0.1, 0.15) is 15.9 Å². The van der Waals surface area contributed by atoms with E-state index in [9.17, 15) is 22.8 Å². The first-order chi connectivity index (χ1) is 10.7. The van der Waals surface area contributed by atoms with E-state index in [-0.39, 0.29) is 22.8 Å². The van der Waals surface area contributed by atoms with Gasteiger partial charge in [0.2, 0.25) is 5.91 Å². The minimum absolute atomic E-state index is 0.0574. The first-order valence-electron chi connectivity index (χ1n) is 6.09. The van der Waals surface area contributed by atoms with E-state index in [1.165, 1.54) is 0 Å². The Morgan fingerprint density at radius 1 is 1.35 bits per heavy atom. The second-order valence-electron chi connectivity index (χ2n) is 4.47. The molecule has 10 heteroatoms. The molecule has 0 saturated heterocycles. The van der Waals surface area contributed by atoms with Gasteiger partial charge >= 0.3 is 12.1 Å². The third-order valence-corrected chi connectivity index (χ3v) is 3.08. The first kappa shape index (κ1) is 16.8. The summed E-state index contributed by atoms with van der Waals surface area (Å²) in [6.45, 7) is -0.375. The van der Waals surface area contributed by atoms with Crippen molar-refractivity contribution in [1.82, 2.24) is 9.78 Å². The molecule has 1 aromatic carbocycles. The summed E-state index contributed by atoms with van der Waals surface area (Å²) in [7, 11) is 0. The van der Waals surface area contributed by atoms with Crippen LogP contribution >= 0.6 is 11.6 Å². The molecule has 0 radical (unpaired) electrons.